The lowest BCUT2D eigenvalue weighted by atomic mass is 9.84. The molecule has 0 aromatic heterocycles. The number of carbonyl (C=O) groups excluding carboxylic acids is 2. The maximum atomic E-state index is 13.5. The number of guanidine groups is 1. The zero-order valence-electron chi connectivity index (χ0n) is 26.5. The minimum atomic E-state index is -3.95. The van der Waals surface area contributed by atoms with Crippen molar-refractivity contribution >= 4 is 50.2 Å². The number of nitrogens with zero attached hydrogens (tertiary/aromatic N) is 5. The van der Waals surface area contributed by atoms with Gasteiger partial charge in [0.2, 0.25) is 21.8 Å². The molecule has 45 heavy (non-hydrogen) atoms. The van der Waals surface area contributed by atoms with Crippen molar-refractivity contribution in [1.82, 2.24) is 29.6 Å². The minimum absolute atomic E-state index is 0.0348. The number of hydrogen-bond acceptors (Lipinski definition) is 6. The number of rotatable bonds is 10. The molecule has 2 N–H and O–H groups in total. The maximum Gasteiger partial charge on any atom is 0.242 e. The van der Waals surface area contributed by atoms with Crippen molar-refractivity contribution in [2.45, 2.75) is 43.5 Å². The van der Waals surface area contributed by atoms with Crippen LogP contribution in [0, 0.1) is 11.8 Å². The molecule has 3 atom stereocenters. The summed E-state index contributed by atoms with van der Waals surface area (Å²) in [7, 11) is 0.185. The number of aliphatic imine (C=N–C) groups is 1. The highest BCUT2D eigenvalue weighted by Crippen LogP contribution is 2.29. The van der Waals surface area contributed by atoms with Gasteiger partial charge >= 0.3 is 0 Å². The van der Waals surface area contributed by atoms with Crippen molar-refractivity contribution < 1.29 is 18.0 Å². The largest absolute Gasteiger partial charge is 0.357 e. The first kappa shape index (κ1) is 33.4. The number of amides is 2. The molecular weight excluding hydrogens is 614 g/mol. The molecule has 3 aliphatic rings. The molecule has 3 fully saturated rings. The van der Waals surface area contributed by atoms with Crippen molar-refractivity contribution in [3.05, 3.63) is 41.4 Å². The summed E-state index contributed by atoms with van der Waals surface area (Å²) in [5.41, 5.74) is 0. The molecule has 0 saturated carbocycles. The molecule has 3 saturated heterocycles. The minimum Gasteiger partial charge on any atom is -0.357 e. The van der Waals surface area contributed by atoms with Gasteiger partial charge in [0, 0.05) is 50.8 Å². The number of likely N-dealkylation sites (tertiary alicyclic amines) is 3. The van der Waals surface area contributed by atoms with E-state index in [2.05, 4.69) is 40.9 Å². The molecular formula is C32H46ClN7O4S. The summed E-state index contributed by atoms with van der Waals surface area (Å²) in [5.74, 6) is 1.19. The predicted molar refractivity (Wildman–Crippen MR) is 178 cm³/mol. The summed E-state index contributed by atoms with van der Waals surface area (Å²) in [5, 5.41) is 5.59. The number of sulfonamides is 1. The van der Waals surface area contributed by atoms with E-state index in [1.54, 1.807) is 30.3 Å². The lowest BCUT2D eigenvalue weighted by Gasteiger charge is -2.47. The summed E-state index contributed by atoms with van der Waals surface area (Å²) in [6, 6.07) is 9.14. The van der Waals surface area contributed by atoms with Crippen molar-refractivity contribution in [3.63, 3.8) is 0 Å². The van der Waals surface area contributed by atoms with Crippen LogP contribution in [-0.2, 0) is 19.6 Å². The van der Waals surface area contributed by atoms with E-state index in [1.165, 1.54) is 11.0 Å². The Morgan fingerprint density at radius 3 is 2.44 bits per heavy atom. The van der Waals surface area contributed by atoms with Gasteiger partial charge in [-0.2, -0.15) is 4.72 Å². The van der Waals surface area contributed by atoms with Crippen LogP contribution < -0.4 is 10.0 Å². The number of carbonyl (C=O) groups is 2. The summed E-state index contributed by atoms with van der Waals surface area (Å²) in [6.45, 7) is 8.04. The quantitative estimate of drug-likeness (QED) is 0.229. The van der Waals surface area contributed by atoms with E-state index < -0.39 is 16.1 Å². The predicted octanol–water partition coefficient (Wildman–Crippen LogP) is 2.46. The van der Waals surface area contributed by atoms with Gasteiger partial charge in [0.25, 0.3) is 0 Å². The van der Waals surface area contributed by atoms with Crippen molar-refractivity contribution in [1.29, 1.82) is 0 Å². The zero-order valence-corrected chi connectivity index (χ0v) is 28.1. The third kappa shape index (κ3) is 8.46. The van der Waals surface area contributed by atoms with Gasteiger partial charge in [0.15, 0.2) is 5.96 Å². The average Bonchev–Trinajstić information content (AvgIpc) is 2.99. The molecule has 13 heteroatoms. The summed E-state index contributed by atoms with van der Waals surface area (Å²) < 4.78 is 29.1. The highest BCUT2D eigenvalue weighted by molar-refractivity contribution is 7.89. The molecule has 0 radical (unpaired) electrons. The van der Waals surface area contributed by atoms with E-state index in [4.69, 9.17) is 16.6 Å². The van der Waals surface area contributed by atoms with Crippen LogP contribution in [0.15, 0.2) is 46.3 Å². The first-order valence-corrected chi connectivity index (χ1v) is 17.8. The van der Waals surface area contributed by atoms with Crippen LogP contribution in [0.2, 0.25) is 5.02 Å². The van der Waals surface area contributed by atoms with E-state index in [9.17, 15) is 18.0 Å². The molecule has 0 spiro atoms. The van der Waals surface area contributed by atoms with Gasteiger partial charge in [-0.15, -0.1) is 0 Å². The normalized spacial score (nSPS) is 22.8. The smallest absolute Gasteiger partial charge is 0.242 e. The summed E-state index contributed by atoms with van der Waals surface area (Å²) >= 11 is 6.06. The Hall–Kier alpha value is -2.93. The number of hydrogen-bond donors (Lipinski definition) is 2. The number of piperidine rings is 3. The third-order valence-electron chi connectivity index (χ3n) is 8.83. The first-order chi connectivity index (χ1) is 21.5. The molecule has 11 nitrogen and oxygen atoms in total. The monoisotopic (exact) mass is 659 g/mol. The Bertz CT molecular complexity index is 1500. The van der Waals surface area contributed by atoms with Crippen LogP contribution in [0.3, 0.4) is 0 Å². The molecule has 2 bridgehead atoms. The second-order valence-corrected chi connectivity index (χ2v) is 14.9. The van der Waals surface area contributed by atoms with E-state index in [0.29, 0.717) is 49.3 Å². The first-order valence-electron chi connectivity index (χ1n) is 16.0. The van der Waals surface area contributed by atoms with Gasteiger partial charge in [-0.05, 0) is 100 Å². The number of benzene rings is 2. The second-order valence-electron chi connectivity index (χ2n) is 12.8. The zero-order chi connectivity index (χ0) is 32.1. The Labute approximate surface area is 272 Å². The Morgan fingerprint density at radius 1 is 1.04 bits per heavy atom. The maximum absolute atomic E-state index is 13.5. The molecule has 3 unspecified atom stereocenters. The Balaban J connectivity index is 1.16. The van der Waals surface area contributed by atoms with Gasteiger partial charge < -0.3 is 24.9 Å². The molecule has 2 aromatic rings. The standard InChI is InChI=1S/C32H46ClN7O4S/c1-4-34-32(35-12-6-13-37(2)3)40-20-23-15-24(21-40)19-39(18-23)30(41)22-38-14-5-7-29(31(38)42)36-45(43,44)28-11-9-25-16-27(33)10-8-26(25)17-28/h8-11,16-17,23-24,29,36H,4-7,12-15,18-22H2,1-3H3,(H,34,35). The summed E-state index contributed by atoms with van der Waals surface area (Å²) in [6.07, 6.45) is 3.08. The lowest BCUT2D eigenvalue weighted by molar-refractivity contribution is -0.145. The Kier molecular flexibility index (Phi) is 10.9. The molecule has 0 aliphatic carbocycles. The fraction of sp³-hybridized carbons (Fsp3) is 0.594. The third-order valence-corrected chi connectivity index (χ3v) is 10.5. The van der Waals surface area contributed by atoms with E-state index in [1.807, 2.05) is 4.90 Å². The highest BCUT2D eigenvalue weighted by atomic mass is 35.5. The number of halogens is 1. The summed E-state index contributed by atoms with van der Waals surface area (Å²) in [4.78, 5) is 39.8. The van der Waals surface area contributed by atoms with Gasteiger partial charge in [-0.1, -0.05) is 23.7 Å². The van der Waals surface area contributed by atoms with Crippen molar-refractivity contribution in [2.75, 3.05) is 73.0 Å². The molecule has 3 heterocycles. The van der Waals surface area contributed by atoms with Crippen LogP contribution in [0.4, 0.5) is 0 Å². The average molecular weight is 660 g/mol. The highest BCUT2D eigenvalue weighted by Gasteiger charge is 2.39. The number of fused-ring (bicyclic) bond motifs is 3. The van der Waals surface area contributed by atoms with Gasteiger partial charge in [0.1, 0.15) is 6.04 Å². The molecule has 2 amide bonds. The second kappa shape index (κ2) is 14.7. The van der Waals surface area contributed by atoms with Gasteiger partial charge in [-0.25, -0.2) is 8.42 Å². The van der Waals surface area contributed by atoms with E-state index in [-0.39, 0.29) is 23.3 Å². The fourth-order valence-electron chi connectivity index (χ4n) is 6.74. The van der Waals surface area contributed by atoms with Crippen LogP contribution in [0.25, 0.3) is 10.8 Å². The van der Waals surface area contributed by atoms with Crippen LogP contribution in [0.1, 0.15) is 32.6 Å². The molecule has 246 valence electrons. The van der Waals surface area contributed by atoms with Crippen molar-refractivity contribution in [3.8, 4) is 0 Å². The lowest BCUT2D eigenvalue weighted by Crippen LogP contribution is -2.59. The fourth-order valence-corrected chi connectivity index (χ4v) is 8.18. The van der Waals surface area contributed by atoms with Crippen molar-refractivity contribution in [2.24, 2.45) is 16.8 Å². The van der Waals surface area contributed by atoms with Crippen LogP contribution in [-0.4, -0.2) is 125 Å². The molecule has 5 rings (SSSR count). The van der Waals surface area contributed by atoms with Crippen LogP contribution in [0.5, 0.6) is 0 Å². The van der Waals surface area contributed by atoms with Crippen LogP contribution >= 0.6 is 11.6 Å². The number of nitrogens with one attached hydrogen (secondary N) is 2. The molecule has 2 aromatic carbocycles. The molecule has 3 aliphatic heterocycles. The SMILES string of the molecule is CCNC(=NCCCN(C)C)N1CC2CC(CN(C(=O)CN3CCCC(NS(=O)(=O)c4ccc5cc(Cl)ccc5c4)C3=O)C2)C1. The van der Waals surface area contributed by atoms with Gasteiger partial charge in [-0.3, -0.25) is 14.6 Å². The van der Waals surface area contributed by atoms with E-state index >= 15 is 0 Å². The van der Waals surface area contributed by atoms with Gasteiger partial charge in [0.05, 0.1) is 11.4 Å². The topological polar surface area (TPSA) is 118 Å². The Morgan fingerprint density at radius 2 is 1.73 bits per heavy atom. The van der Waals surface area contributed by atoms with E-state index in [0.717, 1.165) is 62.3 Å².